The lowest BCUT2D eigenvalue weighted by atomic mass is 10.0. The fourth-order valence-corrected chi connectivity index (χ4v) is 1.87. The van der Waals surface area contributed by atoms with Gasteiger partial charge in [-0.25, -0.2) is 9.18 Å². The first kappa shape index (κ1) is 13.1. The van der Waals surface area contributed by atoms with E-state index >= 15 is 0 Å². The fraction of sp³-hybridized carbons (Fsp3) is 0.250. The Balaban J connectivity index is 2.52. The van der Waals surface area contributed by atoms with Crippen molar-refractivity contribution in [2.24, 2.45) is 0 Å². The lowest BCUT2D eigenvalue weighted by Gasteiger charge is -2.16. The van der Waals surface area contributed by atoms with Crippen molar-refractivity contribution >= 4 is 11.7 Å². The molecule has 0 aliphatic heterocycles. The molecule has 0 amide bonds. The van der Waals surface area contributed by atoms with Crippen LogP contribution in [-0.4, -0.2) is 10.9 Å². The second-order valence-corrected chi connectivity index (χ2v) is 4.16. The molecule has 1 aromatic rings. The van der Waals surface area contributed by atoms with Gasteiger partial charge in [-0.2, -0.15) is 4.39 Å². The SMILES string of the molecule is C=CC(=O)OC1(c2cc(F)cc(F)c2[N+](=O)[O-])CC1. The molecule has 0 saturated heterocycles. The van der Waals surface area contributed by atoms with Gasteiger partial charge in [0.05, 0.1) is 10.5 Å². The Labute approximate surface area is 106 Å². The third-order valence-electron chi connectivity index (χ3n) is 2.87. The normalized spacial score (nSPS) is 15.7. The number of nitro benzene ring substituents is 1. The smallest absolute Gasteiger partial charge is 0.331 e. The summed E-state index contributed by atoms with van der Waals surface area (Å²) in [5.74, 6) is -3.04. The van der Waals surface area contributed by atoms with Gasteiger partial charge in [-0.3, -0.25) is 10.1 Å². The summed E-state index contributed by atoms with van der Waals surface area (Å²) >= 11 is 0. The molecule has 0 spiro atoms. The number of benzene rings is 1. The van der Waals surface area contributed by atoms with Crippen molar-refractivity contribution in [3.8, 4) is 0 Å². The maximum Gasteiger partial charge on any atom is 0.331 e. The van der Waals surface area contributed by atoms with Crippen LogP contribution >= 0.6 is 0 Å². The van der Waals surface area contributed by atoms with Crippen LogP contribution in [-0.2, 0) is 15.1 Å². The van der Waals surface area contributed by atoms with E-state index in [1.54, 1.807) is 0 Å². The highest BCUT2D eigenvalue weighted by Gasteiger charge is 2.53. The van der Waals surface area contributed by atoms with E-state index in [0.29, 0.717) is 6.07 Å². The van der Waals surface area contributed by atoms with Crippen molar-refractivity contribution in [1.82, 2.24) is 0 Å². The quantitative estimate of drug-likeness (QED) is 0.364. The molecule has 7 heteroatoms. The number of nitro groups is 1. The molecule has 0 unspecified atom stereocenters. The number of hydrogen-bond donors (Lipinski definition) is 0. The highest BCUT2D eigenvalue weighted by molar-refractivity contribution is 5.82. The molecule has 0 radical (unpaired) electrons. The molecule has 1 aliphatic carbocycles. The molecule has 0 bridgehead atoms. The minimum Gasteiger partial charge on any atom is -0.451 e. The number of ether oxygens (including phenoxy) is 1. The standard InChI is InChI=1S/C12H9F2NO4/c1-2-10(16)19-12(3-4-12)8-5-7(13)6-9(14)11(8)15(17)18/h2,5-6H,1,3-4H2. The Kier molecular flexibility index (Phi) is 3.05. The third kappa shape index (κ3) is 2.31. The largest absolute Gasteiger partial charge is 0.451 e. The molecule has 2 rings (SSSR count). The third-order valence-corrected chi connectivity index (χ3v) is 2.87. The fourth-order valence-electron chi connectivity index (χ4n) is 1.87. The molecule has 0 aromatic heterocycles. The molecule has 0 atom stereocenters. The van der Waals surface area contributed by atoms with Crippen LogP contribution in [0.15, 0.2) is 24.8 Å². The van der Waals surface area contributed by atoms with Crippen LogP contribution in [0, 0.1) is 21.7 Å². The van der Waals surface area contributed by atoms with Gasteiger partial charge in [0.2, 0.25) is 5.82 Å². The minimum absolute atomic E-state index is 0.259. The number of carbonyl (C=O) groups excluding carboxylic acids is 1. The predicted octanol–water partition coefficient (Wildman–Crippen LogP) is 2.59. The summed E-state index contributed by atoms with van der Waals surface area (Å²) in [4.78, 5) is 21.1. The van der Waals surface area contributed by atoms with Gasteiger partial charge in [-0.1, -0.05) is 6.58 Å². The van der Waals surface area contributed by atoms with Crippen LogP contribution < -0.4 is 0 Å². The monoisotopic (exact) mass is 269 g/mol. The molecule has 1 aliphatic rings. The van der Waals surface area contributed by atoms with Gasteiger partial charge in [0.15, 0.2) is 0 Å². The lowest BCUT2D eigenvalue weighted by Crippen LogP contribution is -2.18. The van der Waals surface area contributed by atoms with Crippen molar-refractivity contribution in [3.05, 3.63) is 52.1 Å². The van der Waals surface area contributed by atoms with Gasteiger partial charge < -0.3 is 4.74 Å². The van der Waals surface area contributed by atoms with Crippen molar-refractivity contribution in [3.63, 3.8) is 0 Å². The van der Waals surface area contributed by atoms with E-state index in [4.69, 9.17) is 4.74 Å². The molecule has 0 N–H and O–H groups in total. The van der Waals surface area contributed by atoms with E-state index in [1.165, 1.54) is 0 Å². The molecule has 1 saturated carbocycles. The summed E-state index contributed by atoms with van der Waals surface area (Å²) < 4.78 is 31.7. The van der Waals surface area contributed by atoms with E-state index in [0.717, 1.165) is 12.1 Å². The van der Waals surface area contributed by atoms with Gasteiger partial charge in [-0.15, -0.1) is 0 Å². The Hall–Kier alpha value is -2.31. The molecule has 1 fully saturated rings. The lowest BCUT2D eigenvalue weighted by molar-refractivity contribution is -0.389. The van der Waals surface area contributed by atoms with Crippen molar-refractivity contribution < 1.29 is 23.2 Å². The average Bonchev–Trinajstić information content (AvgIpc) is 3.08. The summed E-state index contributed by atoms with van der Waals surface area (Å²) in [5.41, 5.74) is -2.45. The molecule has 1 aromatic carbocycles. The molecule has 0 heterocycles. The van der Waals surface area contributed by atoms with E-state index < -0.39 is 33.8 Å². The number of hydrogen-bond acceptors (Lipinski definition) is 4. The zero-order chi connectivity index (χ0) is 14.2. The van der Waals surface area contributed by atoms with E-state index in [1.807, 2.05) is 0 Å². The van der Waals surface area contributed by atoms with Crippen LogP contribution in [0.3, 0.4) is 0 Å². The van der Waals surface area contributed by atoms with Gasteiger partial charge in [0, 0.05) is 12.1 Å². The van der Waals surface area contributed by atoms with E-state index in [-0.39, 0.29) is 18.4 Å². The maximum atomic E-state index is 13.5. The van der Waals surface area contributed by atoms with Crippen molar-refractivity contribution in [1.29, 1.82) is 0 Å². The first-order valence-electron chi connectivity index (χ1n) is 5.39. The van der Waals surface area contributed by atoms with Crippen LogP contribution in [0.5, 0.6) is 0 Å². The number of nitrogens with zero attached hydrogens (tertiary/aromatic N) is 1. The second-order valence-electron chi connectivity index (χ2n) is 4.16. The van der Waals surface area contributed by atoms with Crippen molar-refractivity contribution in [2.75, 3.05) is 0 Å². The number of carbonyl (C=O) groups is 1. The molecule has 100 valence electrons. The Morgan fingerprint density at radius 3 is 2.58 bits per heavy atom. The van der Waals surface area contributed by atoms with Crippen molar-refractivity contribution in [2.45, 2.75) is 18.4 Å². The van der Waals surface area contributed by atoms with Crippen LogP contribution in [0.1, 0.15) is 18.4 Å². The van der Waals surface area contributed by atoms with Gasteiger partial charge in [0.1, 0.15) is 11.4 Å². The van der Waals surface area contributed by atoms with Gasteiger partial charge >= 0.3 is 11.7 Å². The van der Waals surface area contributed by atoms with E-state index in [2.05, 4.69) is 6.58 Å². The Morgan fingerprint density at radius 1 is 1.47 bits per heavy atom. The van der Waals surface area contributed by atoms with Gasteiger partial charge in [0.25, 0.3) is 0 Å². The number of esters is 1. The van der Waals surface area contributed by atoms with Crippen LogP contribution in [0.2, 0.25) is 0 Å². The predicted molar refractivity (Wildman–Crippen MR) is 60.2 cm³/mol. The first-order valence-corrected chi connectivity index (χ1v) is 5.39. The average molecular weight is 269 g/mol. The summed E-state index contributed by atoms with van der Waals surface area (Å²) in [6, 6.07) is 1.25. The topological polar surface area (TPSA) is 69.4 Å². The summed E-state index contributed by atoms with van der Waals surface area (Å²) in [6.45, 7) is 3.20. The highest BCUT2D eigenvalue weighted by Crippen LogP contribution is 2.52. The Morgan fingerprint density at radius 2 is 2.11 bits per heavy atom. The second kappa shape index (κ2) is 4.42. The number of halogens is 2. The zero-order valence-electron chi connectivity index (χ0n) is 9.69. The summed E-state index contributed by atoms with van der Waals surface area (Å²) in [6.07, 6.45) is 1.44. The van der Waals surface area contributed by atoms with Gasteiger partial charge in [-0.05, 0) is 18.9 Å². The molecule has 19 heavy (non-hydrogen) atoms. The minimum atomic E-state index is -1.32. The molecular formula is C12H9F2NO4. The molecular weight excluding hydrogens is 260 g/mol. The zero-order valence-corrected chi connectivity index (χ0v) is 9.69. The summed E-state index contributed by atoms with van der Waals surface area (Å²) in [7, 11) is 0. The first-order chi connectivity index (χ1) is 8.89. The molecule has 5 nitrogen and oxygen atoms in total. The Bertz CT molecular complexity index is 581. The van der Waals surface area contributed by atoms with E-state index in [9.17, 15) is 23.7 Å². The summed E-state index contributed by atoms with van der Waals surface area (Å²) in [5, 5.41) is 10.9. The maximum absolute atomic E-state index is 13.5. The number of rotatable bonds is 4. The van der Waals surface area contributed by atoms with Crippen LogP contribution in [0.25, 0.3) is 0 Å². The van der Waals surface area contributed by atoms with Crippen LogP contribution in [0.4, 0.5) is 14.5 Å². The highest BCUT2D eigenvalue weighted by atomic mass is 19.1.